The smallest absolute Gasteiger partial charge is 0.407 e. The molecule has 1 aliphatic carbocycles. The molecular formula is C18H26BrNO3. The van der Waals surface area contributed by atoms with Gasteiger partial charge >= 0.3 is 6.09 Å². The van der Waals surface area contributed by atoms with Crippen LogP contribution in [0.25, 0.3) is 0 Å². The monoisotopic (exact) mass is 383 g/mol. The molecule has 0 heterocycles. The second-order valence-corrected chi connectivity index (χ2v) is 8.37. The van der Waals surface area contributed by atoms with Gasteiger partial charge in [-0.3, -0.25) is 0 Å². The maximum absolute atomic E-state index is 11.9. The van der Waals surface area contributed by atoms with E-state index in [2.05, 4.69) is 33.4 Å². The van der Waals surface area contributed by atoms with Crippen molar-refractivity contribution in [2.75, 3.05) is 13.2 Å². The molecule has 0 aromatic heterocycles. The molecule has 1 unspecified atom stereocenters. The Morgan fingerprint density at radius 1 is 1.39 bits per heavy atom. The molecule has 2 rings (SSSR count). The van der Waals surface area contributed by atoms with Gasteiger partial charge in [0.15, 0.2) is 0 Å². The summed E-state index contributed by atoms with van der Waals surface area (Å²) in [4.78, 5) is 11.9. The van der Waals surface area contributed by atoms with Crippen LogP contribution in [0.3, 0.4) is 0 Å². The summed E-state index contributed by atoms with van der Waals surface area (Å²) in [5.74, 6) is 0.446. The highest BCUT2D eigenvalue weighted by atomic mass is 79.9. The Hall–Kier alpha value is -1.07. The first-order chi connectivity index (χ1) is 10.7. The number of aliphatic hydroxyl groups excluding tert-OH is 1. The largest absolute Gasteiger partial charge is 0.444 e. The number of benzene rings is 1. The lowest BCUT2D eigenvalue weighted by Gasteiger charge is -2.33. The SMILES string of the molecule is CC(C)(C)OC(=O)NCC(CO)(Cc1cccc(Br)c1)C1CC1. The minimum atomic E-state index is -0.518. The van der Waals surface area contributed by atoms with Crippen LogP contribution in [0.1, 0.15) is 39.2 Å². The average Bonchev–Trinajstić information content (AvgIpc) is 3.26. The predicted molar refractivity (Wildman–Crippen MR) is 94.3 cm³/mol. The van der Waals surface area contributed by atoms with Crippen molar-refractivity contribution >= 4 is 22.0 Å². The molecule has 0 spiro atoms. The Kier molecular flexibility index (Phi) is 5.74. The summed E-state index contributed by atoms with van der Waals surface area (Å²) in [5.41, 5.74) is 0.319. The molecule has 1 aliphatic rings. The maximum atomic E-state index is 11.9. The number of halogens is 1. The zero-order valence-corrected chi connectivity index (χ0v) is 15.6. The quantitative estimate of drug-likeness (QED) is 0.782. The van der Waals surface area contributed by atoms with Crippen LogP contribution in [0.15, 0.2) is 28.7 Å². The van der Waals surface area contributed by atoms with E-state index >= 15 is 0 Å². The highest BCUT2D eigenvalue weighted by molar-refractivity contribution is 9.10. The van der Waals surface area contributed by atoms with E-state index in [0.29, 0.717) is 12.5 Å². The summed E-state index contributed by atoms with van der Waals surface area (Å²) < 4.78 is 6.33. The van der Waals surface area contributed by atoms with Gasteiger partial charge in [0.25, 0.3) is 0 Å². The van der Waals surface area contributed by atoms with E-state index in [1.807, 2.05) is 32.9 Å². The summed E-state index contributed by atoms with van der Waals surface area (Å²) in [7, 11) is 0. The molecule has 1 aromatic rings. The summed E-state index contributed by atoms with van der Waals surface area (Å²) >= 11 is 3.49. The van der Waals surface area contributed by atoms with Crippen molar-refractivity contribution in [2.24, 2.45) is 11.3 Å². The van der Waals surface area contributed by atoms with Gasteiger partial charge in [-0.25, -0.2) is 4.79 Å². The molecule has 1 amide bonds. The first-order valence-corrected chi connectivity index (χ1v) is 8.85. The van der Waals surface area contributed by atoms with Crippen molar-refractivity contribution in [1.29, 1.82) is 0 Å². The Morgan fingerprint density at radius 2 is 2.09 bits per heavy atom. The zero-order chi connectivity index (χ0) is 17.1. The molecule has 1 atom stereocenters. The number of nitrogens with one attached hydrogen (secondary N) is 1. The standard InChI is InChI=1S/C18H26BrNO3/c1-17(2,3)23-16(22)20-11-18(12-21,14-7-8-14)10-13-5-4-6-15(19)9-13/h4-6,9,14,21H,7-8,10-12H2,1-3H3,(H,20,22). The number of hydrogen-bond acceptors (Lipinski definition) is 3. The minimum absolute atomic E-state index is 0.0555. The number of alkyl carbamates (subject to hydrolysis) is 1. The number of carbonyl (C=O) groups excluding carboxylic acids is 1. The Balaban J connectivity index is 2.05. The molecule has 128 valence electrons. The second kappa shape index (κ2) is 7.22. The fourth-order valence-electron chi connectivity index (χ4n) is 2.90. The van der Waals surface area contributed by atoms with Crippen LogP contribution in [0.5, 0.6) is 0 Å². The van der Waals surface area contributed by atoms with Gasteiger partial charge in [0.2, 0.25) is 0 Å². The summed E-state index contributed by atoms with van der Waals surface area (Å²) in [6.07, 6.45) is 2.52. The number of ether oxygens (including phenoxy) is 1. The Bertz CT molecular complexity index is 551. The molecule has 0 bridgehead atoms. The molecule has 1 saturated carbocycles. The lowest BCUT2D eigenvalue weighted by molar-refractivity contribution is 0.0439. The highest BCUT2D eigenvalue weighted by Gasteiger charge is 2.45. The van der Waals surface area contributed by atoms with E-state index in [1.165, 1.54) is 0 Å². The number of aliphatic hydroxyl groups is 1. The normalized spacial score (nSPS) is 17.4. The van der Waals surface area contributed by atoms with Crippen LogP contribution >= 0.6 is 15.9 Å². The molecule has 1 fully saturated rings. The van der Waals surface area contributed by atoms with Crippen molar-refractivity contribution in [3.8, 4) is 0 Å². The van der Waals surface area contributed by atoms with E-state index in [1.54, 1.807) is 0 Å². The average molecular weight is 384 g/mol. The van der Waals surface area contributed by atoms with Crippen LogP contribution in [-0.2, 0) is 11.2 Å². The fourth-order valence-corrected chi connectivity index (χ4v) is 3.35. The second-order valence-electron chi connectivity index (χ2n) is 7.46. The number of amides is 1. The first kappa shape index (κ1) is 18.3. The summed E-state index contributed by atoms with van der Waals surface area (Å²) in [6.45, 7) is 6.01. The van der Waals surface area contributed by atoms with E-state index in [-0.39, 0.29) is 12.0 Å². The third kappa shape index (κ3) is 5.50. The van der Waals surface area contributed by atoms with E-state index in [4.69, 9.17) is 4.74 Å². The van der Waals surface area contributed by atoms with E-state index in [0.717, 1.165) is 29.3 Å². The molecule has 2 N–H and O–H groups in total. The number of rotatable bonds is 6. The lowest BCUT2D eigenvalue weighted by atomic mass is 9.77. The van der Waals surface area contributed by atoms with E-state index < -0.39 is 11.7 Å². The van der Waals surface area contributed by atoms with Gasteiger partial charge in [-0.1, -0.05) is 28.1 Å². The molecule has 0 radical (unpaired) electrons. The van der Waals surface area contributed by atoms with Gasteiger partial charge < -0.3 is 15.2 Å². The molecule has 0 aliphatic heterocycles. The third-order valence-electron chi connectivity index (χ3n) is 4.19. The molecule has 1 aromatic carbocycles. The molecule has 0 saturated heterocycles. The summed E-state index contributed by atoms with van der Waals surface area (Å²) in [5, 5.41) is 12.9. The van der Waals surface area contributed by atoms with Gasteiger partial charge in [-0.15, -0.1) is 0 Å². The highest BCUT2D eigenvalue weighted by Crippen LogP contribution is 2.47. The lowest BCUT2D eigenvalue weighted by Crippen LogP contribution is -2.44. The van der Waals surface area contributed by atoms with Crippen LogP contribution in [-0.4, -0.2) is 30.0 Å². The number of hydrogen-bond donors (Lipinski definition) is 2. The number of carbonyl (C=O) groups is 1. The van der Waals surface area contributed by atoms with Crippen LogP contribution < -0.4 is 5.32 Å². The third-order valence-corrected chi connectivity index (χ3v) is 4.68. The van der Waals surface area contributed by atoms with Crippen LogP contribution in [0, 0.1) is 11.3 Å². The van der Waals surface area contributed by atoms with Crippen LogP contribution in [0.4, 0.5) is 4.79 Å². The Labute approximate surface area is 146 Å². The minimum Gasteiger partial charge on any atom is -0.444 e. The van der Waals surface area contributed by atoms with E-state index in [9.17, 15) is 9.90 Å². The van der Waals surface area contributed by atoms with Gasteiger partial charge in [-0.2, -0.15) is 0 Å². The van der Waals surface area contributed by atoms with Crippen LogP contribution in [0.2, 0.25) is 0 Å². The first-order valence-electron chi connectivity index (χ1n) is 8.06. The van der Waals surface area contributed by atoms with Gasteiger partial charge in [-0.05, 0) is 63.6 Å². The Morgan fingerprint density at radius 3 is 2.61 bits per heavy atom. The zero-order valence-electron chi connectivity index (χ0n) is 14.1. The van der Waals surface area contributed by atoms with Crippen molar-refractivity contribution < 1.29 is 14.6 Å². The topological polar surface area (TPSA) is 58.6 Å². The van der Waals surface area contributed by atoms with Gasteiger partial charge in [0.1, 0.15) is 5.60 Å². The van der Waals surface area contributed by atoms with Gasteiger partial charge in [0.05, 0.1) is 6.61 Å². The van der Waals surface area contributed by atoms with Crippen molar-refractivity contribution in [3.05, 3.63) is 34.3 Å². The molecule has 4 nitrogen and oxygen atoms in total. The maximum Gasteiger partial charge on any atom is 0.407 e. The fraction of sp³-hybridized carbons (Fsp3) is 0.611. The molecular weight excluding hydrogens is 358 g/mol. The van der Waals surface area contributed by atoms with Crippen molar-refractivity contribution in [2.45, 2.75) is 45.6 Å². The molecule has 23 heavy (non-hydrogen) atoms. The molecule has 5 heteroatoms. The predicted octanol–water partition coefficient (Wildman–Crippen LogP) is 3.91. The summed E-state index contributed by atoms with van der Waals surface area (Å²) in [6, 6.07) is 8.11. The van der Waals surface area contributed by atoms with Crippen molar-refractivity contribution in [1.82, 2.24) is 5.32 Å². The van der Waals surface area contributed by atoms with Gasteiger partial charge in [0, 0.05) is 16.4 Å². The van der Waals surface area contributed by atoms with Crippen molar-refractivity contribution in [3.63, 3.8) is 0 Å².